The molecule has 0 bridgehead atoms. The van der Waals surface area contributed by atoms with E-state index in [-0.39, 0.29) is 4.75 Å². The van der Waals surface area contributed by atoms with E-state index in [0.29, 0.717) is 10.5 Å². The molecule has 0 radical (unpaired) electrons. The molecule has 0 N–H and O–H groups in total. The van der Waals surface area contributed by atoms with Gasteiger partial charge >= 0.3 is 0 Å². The normalized spacial score (nSPS) is 11.5. The van der Waals surface area contributed by atoms with Gasteiger partial charge in [0, 0.05) is 4.75 Å². The molecule has 1 unspecified atom stereocenters. The van der Waals surface area contributed by atoms with Gasteiger partial charge in [-0.3, -0.25) is 0 Å². The summed E-state index contributed by atoms with van der Waals surface area (Å²) in [4.78, 5) is 0. The molecule has 122 valence electrons. The van der Waals surface area contributed by atoms with Crippen LogP contribution in [0.2, 0.25) is 0 Å². The summed E-state index contributed by atoms with van der Waals surface area (Å²) in [6, 6.07) is 0. The number of hydrogen-bond donors (Lipinski definition) is 4. The zero-order valence-corrected chi connectivity index (χ0v) is 18.0. The molecule has 4 heteroatoms. The van der Waals surface area contributed by atoms with Crippen molar-refractivity contribution in [2.24, 2.45) is 5.92 Å². The minimum atomic E-state index is 0.194. The summed E-state index contributed by atoms with van der Waals surface area (Å²) in [6.07, 6.45) is 1.17. The van der Waals surface area contributed by atoms with Gasteiger partial charge in [0.25, 0.3) is 0 Å². The molecule has 0 amide bonds. The van der Waals surface area contributed by atoms with Crippen LogP contribution in [0, 0.1) is 5.92 Å². The number of thiol groups is 4. The Morgan fingerprint density at radius 2 is 1.00 bits per heavy atom. The zero-order chi connectivity index (χ0) is 16.6. The predicted octanol–water partition coefficient (Wildman–Crippen LogP) is 6.33. The van der Waals surface area contributed by atoms with E-state index < -0.39 is 0 Å². The number of rotatable bonds is 2. The topological polar surface area (TPSA) is 0 Å². The molecule has 0 heterocycles. The Bertz CT molecular complexity index is 121. The van der Waals surface area contributed by atoms with Crippen molar-refractivity contribution in [3.63, 3.8) is 0 Å². The van der Waals surface area contributed by atoms with Gasteiger partial charge in [-0.1, -0.05) is 62.3 Å². The molecular formula is C15H38S4. The van der Waals surface area contributed by atoms with Gasteiger partial charge in [-0.2, -0.15) is 50.5 Å². The molecule has 0 saturated carbocycles. The second kappa shape index (κ2) is 19.4. The fourth-order valence-corrected chi connectivity index (χ4v) is 0. The number of hydrogen-bond acceptors (Lipinski definition) is 4. The van der Waals surface area contributed by atoms with Gasteiger partial charge in [0.1, 0.15) is 0 Å². The van der Waals surface area contributed by atoms with Crippen molar-refractivity contribution >= 4 is 50.5 Å². The average molecular weight is 347 g/mol. The van der Waals surface area contributed by atoms with Crippen molar-refractivity contribution in [3.05, 3.63) is 0 Å². The highest BCUT2D eigenvalue weighted by Crippen LogP contribution is 2.07. The quantitative estimate of drug-likeness (QED) is 0.413. The van der Waals surface area contributed by atoms with E-state index in [4.69, 9.17) is 0 Å². The lowest BCUT2D eigenvalue weighted by molar-refractivity contribution is 0.753. The van der Waals surface area contributed by atoms with Crippen LogP contribution in [0.1, 0.15) is 68.7 Å². The SMILES string of the molecule is CC(C)(C)S.CC(C)CS.CC(C)S.CCC(C)S. The highest BCUT2D eigenvalue weighted by molar-refractivity contribution is 7.81. The van der Waals surface area contributed by atoms with Crippen molar-refractivity contribution in [3.8, 4) is 0 Å². The van der Waals surface area contributed by atoms with E-state index >= 15 is 0 Å². The third kappa shape index (κ3) is 201. The monoisotopic (exact) mass is 346 g/mol. The van der Waals surface area contributed by atoms with Gasteiger partial charge in [0.05, 0.1) is 0 Å². The lowest BCUT2D eigenvalue weighted by atomic mass is 10.3. The van der Waals surface area contributed by atoms with Crippen molar-refractivity contribution in [1.29, 1.82) is 0 Å². The predicted molar refractivity (Wildman–Crippen MR) is 110 cm³/mol. The fourth-order valence-electron chi connectivity index (χ4n) is 0. The summed E-state index contributed by atoms with van der Waals surface area (Å²) in [6.45, 7) is 18.7. The van der Waals surface area contributed by atoms with E-state index in [0.717, 1.165) is 11.7 Å². The van der Waals surface area contributed by atoms with Crippen LogP contribution in [0.5, 0.6) is 0 Å². The van der Waals surface area contributed by atoms with E-state index in [1.54, 1.807) is 0 Å². The van der Waals surface area contributed by atoms with Crippen LogP contribution in [-0.2, 0) is 0 Å². The highest BCUT2D eigenvalue weighted by atomic mass is 32.1. The van der Waals surface area contributed by atoms with Crippen LogP contribution >= 0.6 is 50.5 Å². The smallest absolute Gasteiger partial charge is 0.00449 e. The summed E-state index contributed by atoms with van der Waals surface area (Å²) in [5.41, 5.74) is 0. The molecule has 0 rings (SSSR count). The minimum Gasteiger partial charge on any atom is -0.179 e. The maximum Gasteiger partial charge on any atom is 0.00449 e. The molecule has 0 aliphatic carbocycles. The maximum absolute atomic E-state index is 4.12. The van der Waals surface area contributed by atoms with Crippen molar-refractivity contribution in [2.45, 2.75) is 84.0 Å². The molecule has 0 aliphatic heterocycles. The van der Waals surface area contributed by atoms with Gasteiger partial charge in [-0.15, -0.1) is 0 Å². The summed E-state index contributed by atoms with van der Waals surface area (Å²) in [5, 5.41) is 1.11. The van der Waals surface area contributed by atoms with Crippen LogP contribution in [-0.4, -0.2) is 21.0 Å². The molecule has 0 nitrogen and oxygen atoms in total. The first-order valence-electron chi connectivity index (χ1n) is 6.97. The highest BCUT2D eigenvalue weighted by Gasteiger charge is 1.96. The molecule has 0 saturated heterocycles. The van der Waals surface area contributed by atoms with E-state index in [2.05, 4.69) is 99.0 Å². The van der Waals surface area contributed by atoms with Gasteiger partial charge < -0.3 is 0 Å². The van der Waals surface area contributed by atoms with Crippen molar-refractivity contribution < 1.29 is 0 Å². The Balaban J connectivity index is -0.0000000793. The van der Waals surface area contributed by atoms with Gasteiger partial charge in [-0.25, -0.2) is 0 Å². The van der Waals surface area contributed by atoms with Crippen molar-refractivity contribution in [2.75, 3.05) is 5.75 Å². The zero-order valence-electron chi connectivity index (χ0n) is 14.4. The lowest BCUT2D eigenvalue weighted by Crippen LogP contribution is -1.99. The van der Waals surface area contributed by atoms with Gasteiger partial charge in [0.2, 0.25) is 0 Å². The maximum atomic E-state index is 4.12. The molecule has 0 aliphatic rings. The summed E-state index contributed by atoms with van der Waals surface area (Å²) in [5.74, 6) is 1.75. The standard InChI is InChI=1S/3C4H10S.C3H8S/c1-4(2,3)5;1-4(2)3-5;1-3-4(2)5;1-3(2)4/h5H,1-3H3;2*4-5H,3H2,1-2H3;3-4H,1-2H3. The first kappa shape index (κ1) is 28.5. The molecule has 0 fully saturated rings. The first-order valence-corrected chi connectivity index (χ1v) is 9.08. The fraction of sp³-hybridized carbons (Fsp3) is 1.00. The third-order valence-electron chi connectivity index (χ3n) is 0.956. The van der Waals surface area contributed by atoms with E-state index in [9.17, 15) is 0 Å². The van der Waals surface area contributed by atoms with Crippen LogP contribution in [0.3, 0.4) is 0 Å². The summed E-state index contributed by atoms with van der Waals surface area (Å²) < 4.78 is 0.194. The second-order valence-corrected chi connectivity index (χ2v) is 9.72. The van der Waals surface area contributed by atoms with Gasteiger partial charge in [-0.05, 0) is 28.6 Å². The molecule has 19 heavy (non-hydrogen) atoms. The Hall–Kier alpha value is 1.40. The van der Waals surface area contributed by atoms with Crippen LogP contribution in [0.4, 0.5) is 0 Å². The third-order valence-corrected chi connectivity index (χ3v) is 2.05. The van der Waals surface area contributed by atoms with Gasteiger partial charge in [0.15, 0.2) is 0 Å². The summed E-state index contributed by atoms with van der Waals surface area (Å²) >= 11 is 16.2. The minimum absolute atomic E-state index is 0.194. The molecular weight excluding hydrogens is 308 g/mol. The lowest BCUT2D eigenvalue weighted by Gasteiger charge is -2.04. The van der Waals surface area contributed by atoms with Crippen molar-refractivity contribution in [1.82, 2.24) is 0 Å². The largest absolute Gasteiger partial charge is 0.179 e. The Kier molecular flexibility index (Phi) is 29.1. The molecule has 0 spiro atoms. The Morgan fingerprint density at radius 3 is 1.00 bits per heavy atom. The van der Waals surface area contributed by atoms with Crippen LogP contribution < -0.4 is 0 Å². The Morgan fingerprint density at radius 1 is 0.895 bits per heavy atom. The van der Waals surface area contributed by atoms with Crippen LogP contribution in [0.25, 0.3) is 0 Å². The molecule has 1 atom stereocenters. The Labute approximate surface area is 145 Å². The molecule has 0 aromatic carbocycles. The van der Waals surface area contributed by atoms with E-state index in [1.165, 1.54) is 6.42 Å². The second-order valence-electron chi connectivity index (χ2n) is 6.10. The molecule has 0 aromatic heterocycles. The van der Waals surface area contributed by atoms with E-state index in [1.807, 2.05) is 13.8 Å². The first-order chi connectivity index (χ1) is 8.27. The van der Waals surface area contributed by atoms with Crippen LogP contribution in [0.15, 0.2) is 0 Å². The summed E-state index contributed by atoms with van der Waals surface area (Å²) in [7, 11) is 0. The average Bonchev–Trinajstić information content (AvgIpc) is 2.15. The molecule has 0 aromatic rings.